The first kappa shape index (κ1) is 15.0. The van der Waals surface area contributed by atoms with Crippen molar-refractivity contribution in [3.63, 3.8) is 0 Å². The molecule has 1 rings (SSSR count). The first-order valence-electron chi connectivity index (χ1n) is 6.44. The van der Waals surface area contributed by atoms with Gasteiger partial charge in [-0.25, -0.2) is 0 Å². The van der Waals surface area contributed by atoms with E-state index >= 15 is 0 Å². The lowest BCUT2D eigenvalue weighted by Crippen LogP contribution is -2.40. The molecule has 1 aromatic carbocycles. The second-order valence-corrected chi connectivity index (χ2v) is 5.66. The second kappa shape index (κ2) is 6.76. The van der Waals surface area contributed by atoms with E-state index in [4.69, 9.17) is 9.84 Å². The van der Waals surface area contributed by atoms with Gasteiger partial charge < -0.3 is 15.2 Å². The molecule has 0 bridgehead atoms. The van der Waals surface area contributed by atoms with Gasteiger partial charge in [0.1, 0.15) is 5.75 Å². The van der Waals surface area contributed by atoms with Crippen molar-refractivity contribution >= 4 is 0 Å². The number of benzene rings is 1. The van der Waals surface area contributed by atoms with Crippen molar-refractivity contribution in [3.05, 3.63) is 29.8 Å². The summed E-state index contributed by atoms with van der Waals surface area (Å²) in [5, 5.41) is 12.6. The molecule has 0 heterocycles. The van der Waals surface area contributed by atoms with E-state index in [9.17, 15) is 0 Å². The molecule has 1 atom stereocenters. The van der Waals surface area contributed by atoms with Crippen molar-refractivity contribution in [1.82, 2.24) is 5.32 Å². The van der Waals surface area contributed by atoms with Crippen molar-refractivity contribution in [1.29, 1.82) is 0 Å². The zero-order valence-corrected chi connectivity index (χ0v) is 11.9. The average molecular weight is 251 g/mol. The SMILES string of the molecule is COc1cccc(CNC(CCO)C(C)(C)C)c1. The highest BCUT2D eigenvalue weighted by Gasteiger charge is 2.23. The fraction of sp³-hybridized carbons (Fsp3) is 0.600. The Hall–Kier alpha value is -1.06. The summed E-state index contributed by atoms with van der Waals surface area (Å²) in [6, 6.07) is 8.35. The van der Waals surface area contributed by atoms with E-state index in [-0.39, 0.29) is 12.0 Å². The zero-order chi connectivity index (χ0) is 13.6. The smallest absolute Gasteiger partial charge is 0.119 e. The van der Waals surface area contributed by atoms with Crippen LogP contribution in [0.25, 0.3) is 0 Å². The Kier molecular flexibility index (Phi) is 5.63. The summed E-state index contributed by atoms with van der Waals surface area (Å²) in [5.74, 6) is 0.878. The standard InChI is InChI=1S/C15H25NO2/c1-15(2,3)14(8-9-17)16-11-12-6-5-7-13(10-12)18-4/h5-7,10,14,16-17H,8-9,11H2,1-4H3. The average Bonchev–Trinajstić information content (AvgIpc) is 2.33. The zero-order valence-electron chi connectivity index (χ0n) is 11.9. The Morgan fingerprint density at radius 3 is 2.61 bits per heavy atom. The molecule has 0 saturated heterocycles. The van der Waals surface area contributed by atoms with Crippen molar-refractivity contribution in [2.24, 2.45) is 5.41 Å². The lowest BCUT2D eigenvalue weighted by Gasteiger charge is -2.31. The Morgan fingerprint density at radius 2 is 2.06 bits per heavy atom. The third kappa shape index (κ3) is 4.67. The number of ether oxygens (including phenoxy) is 1. The van der Waals surface area contributed by atoms with Crippen molar-refractivity contribution < 1.29 is 9.84 Å². The van der Waals surface area contributed by atoms with Gasteiger partial charge in [-0.15, -0.1) is 0 Å². The molecule has 3 nitrogen and oxygen atoms in total. The van der Waals surface area contributed by atoms with Gasteiger partial charge in [0.25, 0.3) is 0 Å². The van der Waals surface area contributed by atoms with E-state index in [0.717, 1.165) is 18.7 Å². The van der Waals surface area contributed by atoms with Crippen molar-refractivity contribution in [2.45, 2.75) is 39.8 Å². The molecule has 0 radical (unpaired) electrons. The first-order valence-corrected chi connectivity index (χ1v) is 6.44. The molecule has 102 valence electrons. The molecule has 1 unspecified atom stereocenters. The van der Waals surface area contributed by atoms with Crippen LogP contribution in [0.15, 0.2) is 24.3 Å². The lowest BCUT2D eigenvalue weighted by molar-refractivity contribution is 0.196. The van der Waals surface area contributed by atoms with Gasteiger partial charge in [-0.1, -0.05) is 32.9 Å². The van der Waals surface area contributed by atoms with Crippen molar-refractivity contribution in [3.8, 4) is 5.75 Å². The number of methoxy groups -OCH3 is 1. The molecule has 0 fully saturated rings. The molecule has 1 aromatic rings. The molecule has 2 N–H and O–H groups in total. The van der Waals surface area contributed by atoms with Crippen LogP contribution in [0.3, 0.4) is 0 Å². The summed E-state index contributed by atoms with van der Waals surface area (Å²) >= 11 is 0. The molecule has 0 saturated carbocycles. The fourth-order valence-corrected chi connectivity index (χ4v) is 1.99. The van der Waals surface area contributed by atoms with Crippen LogP contribution in [0.2, 0.25) is 0 Å². The molecule has 18 heavy (non-hydrogen) atoms. The van der Waals surface area contributed by atoms with Crippen LogP contribution in [-0.4, -0.2) is 24.9 Å². The maximum absolute atomic E-state index is 9.12. The lowest BCUT2D eigenvalue weighted by atomic mass is 9.85. The van der Waals surface area contributed by atoms with Crippen LogP contribution in [-0.2, 0) is 6.54 Å². The number of hydrogen-bond acceptors (Lipinski definition) is 3. The molecule has 0 spiro atoms. The third-order valence-electron chi connectivity index (χ3n) is 3.15. The molecule has 3 heteroatoms. The maximum Gasteiger partial charge on any atom is 0.119 e. The Labute approximate surface area is 110 Å². The second-order valence-electron chi connectivity index (χ2n) is 5.66. The maximum atomic E-state index is 9.12. The van der Waals surface area contributed by atoms with E-state index in [1.54, 1.807) is 7.11 Å². The van der Waals surface area contributed by atoms with Gasteiger partial charge in [0.05, 0.1) is 7.11 Å². The van der Waals surface area contributed by atoms with Crippen LogP contribution < -0.4 is 10.1 Å². The van der Waals surface area contributed by atoms with E-state index in [1.807, 2.05) is 18.2 Å². The highest BCUT2D eigenvalue weighted by Crippen LogP contribution is 2.22. The van der Waals surface area contributed by atoms with Gasteiger partial charge >= 0.3 is 0 Å². The van der Waals surface area contributed by atoms with Gasteiger partial charge in [-0.3, -0.25) is 0 Å². The number of aliphatic hydroxyl groups excluding tert-OH is 1. The van der Waals surface area contributed by atoms with E-state index in [0.29, 0.717) is 6.04 Å². The summed E-state index contributed by atoms with van der Waals surface area (Å²) in [6.07, 6.45) is 0.771. The quantitative estimate of drug-likeness (QED) is 0.816. The topological polar surface area (TPSA) is 41.5 Å². The van der Waals surface area contributed by atoms with E-state index < -0.39 is 0 Å². The molecule has 0 aromatic heterocycles. The number of hydrogen-bond donors (Lipinski definition) is 2. The highest BCUT2D eigenvalue weighted by atomic mass is 16.5. The first-order chi connectivity index (χ1) is 8.47. The minimum absolute atomic E-state index is 0.140. The summed E-state index contributed by atoms with van der Waals surface area (Å²) in [5.41, 5.74) is 1.34. The largest absolute Gasteiger partial charge is 0.497 e. The van der Waals surface area contributed by atoms with E-state index in [2.05, 4.69) is 32.2 Å². The molecular formula is C15H25NO2. The van der Waals surface area contributed by atoms with Crippen LogP contribution >= 0.6 is 0 Å². The van der Waals surface area contributed by atoms with Crippen LogP contribution in [0, 0.1) is 5.41 Å². The Morgan fingerprint density at radius 1 is 1.33 bits per heavy atom. The normalized spacial score (nSPS) is 13.4. The summed E-state index contributed by atoms with van der Waals surface area (Å²) in [4.78, 5) is 0. The predicted molar refractivity (Wildman–Crippen MR) is 74.8 cm³/mol. The highest BCUT2D eigenvalue weighted by molar-refractivity contribution is 5.28. The third-order valence-corrected chi connectivity index (χ3v) is 3.15. The molecular weight excluding hydrogens is 226 g/mol. The number of rotatable bonds is 6. The summed E-state index contributed by atoms with van der Waals surface area (Å²) in [7, 11) is 1.68. The van der Waals surface area contributed by atoms with Crippen LogP contribution in [0.5, 0.6) is 5.75 Å². The van der Waals surface area contributed by atoms with Gasteiger partial charge in [-0.05, 0) is 29.5 Å². The predicted octanol–water partition coefficient (Wildman–Crippen LogP) is 2.58. The summed E-state index contributed by atoms with van der Waals surface area (Å²) < 4.78 is 5.21. The van der Waals surface area contributed by atoms with Gasteiger partial charge in [0.15, 0.2) is 0 Å². The summed E-state index contributed by atoms with van der Waals surface area (Å²) in [6.45, 7) is 7.57. The number of aliphatic hydroxyl groups is 1. The molecule has 0 aliphatic heterocycles. The molecule has 0 aliphatic carbocycles. The van der Waals surface area contributed by atoms with E-state index in [1.165, 1.54) is 5.56 Å². The number of nitrogens with one attached hydrogen (secondary N) is 1. The monoisotopic (exact) mass is 251 g/mol. The van der Waals surface area contributed by atoms with Gasteiger partial charge in [0, 0.05) is 19.2 Å². The molecule has 0 aliphatic rings. The minimum Gasteiger partial charge on any atom is -0.497 e. The van der Waals surface area contributed by atoms with Crippen LogP contribution in [0.1, 0.15) is 32.8 Å². The Bertz CT molecular complexity index is 358. The van der Waals surface area contributed by atoms with Gasteiger partial charge in [0.2, 0.25) is 0 Å². The van der Waals surface area contributed by atoms with Crippen molar-refractivity contribution in [2.75, 3.05) is 13.7 Å². The van der Waals surface area contributed by atoms with Gasteiger partial charge in [-0.2, -0.15) is 0 Å². The fourth-order valence-electron chi connectivity index (χ4n) is 1.99. The Balaban J connectivity index is 2.61. The molecule has 0 amide bonds. The van der Waals surface area contributed by atoms with Crippen LogP contribution in [0.4, 0.5) is 0 Å². The minimum atomic E-state index is 0.140.